The van der Waals surface area contributed by atoms with Gasteiger partial charge in [-0.05, 0) is 174 Å². The molecule has 13 aromatic carbocycles. The van der Waals surface area contributed by atoms with E-state index in [0.29, 0.717) is 5.82 Å². The molecule has 0 amide bonds. The van der Waals surface area contributed by atoms with E-state index in [2.05, 4.69) is 343 Å². The van der Waals surface area contributed by atoms with E-state index in [1.807, 2.05) is 0 Å². The monoisotopic (exact) mass is 1110 g/mol. The maximum Gasteiger partial charge on any atom is 0.252 e. The van der Waals surface area contributed by atoms with Gasteiger partial charge in [-0.15, -0.1) is 0 Å². The highest BCUT2D eigenvalue weighted by atomic mass is 15.2. The molecular weight excluding hydrogens is 1050 g/mol. The second-order valence-corrected chi connectivity index (χ2v) is 22.5. The molecule has 0 N–H and O–H groups in total. The van der Waals surface area contributed by atoms with Gasteiger partial charge in [0, 0.05) is 50.8 Å². The van der Waals surface area contributed by atoms with Crippen molar-refractivity contribution in [2.75, 3.05) is 9.80 Å². The summed E-state index contributed by atoms with van der Waals surface area (Å²) < 4.78 is 0. The Morgan fingerprint density at radius 1 is 0.207 bits per heavy atom. The topological polar surface area (TPSA) is 32.3 Å². The van der Waals surface area contributed by atoms with E-state index in [1.165, 1.54) is 27.5 Å². The molecule has 87 heavy (non-hydrogen) atoms. The van der Waals surface area contributed by atoms with Crippen LogP contribution in [0.2, 0.25) is 0 Å². The lowest BCUT2D eigenvalue weighted by Gasteiger charge is -2.44. The van der Waals surface area contributed by atoms with E-state index in [1.54, 1.807) is 0 Å². The van der Waals surface area contributed by atoms with E-state index in [9.17, 15) is 0 Å². The molecule has 0 saturated carbocycles. The maximum atomic E-state index is 5.82. The fourth-order valence-electron chi connectivity index (χ4n) is 13.1. The van der Waals surface area contributed by atoms with Crippen molar-refractivity contribution in [3.8, 4) is 101 Å². The molecule has 0 atom stereocenters. The van der Waals surface area contributed by atoms with Crippen molar-refractivity contribution in [3.05, 3.63) is 334 Å². The van der Waals surface area contributed by atoms with Crippen molar-refractivity contribution in [1.82, 2.24) is 9.97 Å². The third kappa shape index (κ3) is 9.58. The van der Waals surface area contributed by atoms with Gasteiger partial charge in [0.25, 0.3) is 6.71 Å². The number of fused-ring (bicyclic) bond motifs is 4. The predicted octanol–water partition coefficient (Wildman–Crippen LogP) is 19.6. The molecule has 14 aromatic rings. The lowest BCUT2D eigenvalue weighted by atomic mass is 9.33. The Morgan fingerprint density at radius 3 is 0.816 bits per heavy atom. The Labute approximate surface area is 508 Å². The lowest BCUT2D eigenvalue weighted by molar-refractivity contribution is 1.18. The number of nitrogens with zero attached hydrogens (tertiary/aromatic N) is 4. The molecule has 0 bridgehead atoms. The van der Waals surface area contributed by atoms with Crippen LogP contribution in [0.1, 0.15) is 0 Å². The van der Waals surface area contributed by atoms with Crippen LogP contribution in [0.4, 0.5) is 34.1 Å². The summed E-state index contributed by atoms with van der Waals surface area (Å²) in [5, 5.41) is 0. The van der Waals surface area contributed by atoms with Crippen molar-refractivity contribution >= 4 is 57.2 Å². The van der Waals surface area contributed by atoms with Crippen LogP contribution in [0.25, 0.3) is 101 Å². The normalized spacial score (nSPS) is 12.1. The minimum atomic E-state index is -0.0757. The van der Waals surface area contributed by atoms with Crippen molar-refractivity contribution in [3.63, 3.8) is 0 Å². The molecule has 0 radical (unpaired) electrons. The third-order valence-electron chi connectivity index (χ3n) is 17.2. The zero-order chi connectivity index (χ0) is 57.6. The highest BCUT2D eigenvalue weighted by Crippen LogP contribution is 2.47. The van der Waals surface area contributed by atoms with E-state index < -0.39 is 0 Å². The molecule has 1 aromatic heterocycles. The van der Waals surface area contributed by atoms with Crippen LogP contribution >= 0.6 is 0 Å². The van der Waals surface area contributed by atoms with Crippen LogP contribution in [-0.4, -0.2) is 16.7 Å². The maximum absolute atomic E-state index is 5.82. The Bertz CT molecular complexity index is 4410. The first-order valence-electron chi connectivity index (χ1n) is 29.8. The van der Waals surface area contributed by atoms with Gasteiger partial charge in [0.05, 0.1) is 11.4 Å². The Hall–Kier alpha value is -11.4. The molecule has 16 rings (SSSR count). The quantitative estimate of drug-likeness (QED) is 0.121. The first-order chi connectivity index (χ1) is 43.1. The molecule has 4 nitrogen and oxygen atoms in total. The highest BCUT2D eigenvalue weighted by molar-refractivity contribution is 7.00. The number of hydrogen-bond donors (Lipinski definition) is 0. The number of aromatic nitrogens is 2. The van der Waals surface area contributed by atoms with Crippen LogP contribution in [0, 0.1) is 0 Å². The summed E-state index contributed by atoms with van der Waals surface area (Å²) >= 11 is 0. The van der Waals surface area contributed by atoms with Crippen LogP contribution in [0.15, 0.2) is 334 Å². The number of rotatable bonds is 11. The van der Waals surface area contributed by atoms with Crippen molar-refractivity contribution in [1.29, 1.82) is 0 Å². The van der Waals surface area contributed by atoms with E-state index in [4.69, 9.17) is 9.97 Å². The van der Waals surface area contributed by atoms with E-state index in [0.717, 1.165) is 118 Å². The van der Waals surface area contributed by atoms with Crippen molar-refractivity contribution < 1.29 is 0 Å². The summed E-state index contributed by atoms with van der Waals surface area (Å²) in [6.07, 6.45) is 0. The minimum Gasteiger partial charge on any atom is -0.311 e. The van der Waals surface area contributed by atoms with Crippen molar-refractivity contribution in [2.45, 2.75) is 0 Å². The summed E-state index contributed by atoms with van der Waals surface area (Å²) in [6.45, 7) is -0.0757. The molecule has 406 valence electrons. The predicted molar refractivity (Wildman–Crippen MR) is 365 cm³/mol. The smallest absolute Gasteiger partial charge is 0.252 e. The molecule has 5 heteroatoms. The zero-order valence-corrected chi connectivity index (χ0v) is 47.6. The van der Waals surface area contributed by atoms with Gasteiger partial charge in [-0.1, -0.05) is 243 Å². The summed E-state index contributed by atoms with van der Waals surface area (Å²) in [6, 6.07) is 121. The molecule has 3 heterocycles. The van der Waals surface area contributed by atoms with Crippen molar-refractivity contribution in [2.24, 2.45) is 0 Å². The Kier molecular flexibility index (Phi) is 13.0. The number of hydrogen-bond acceptors (Lipinski definition) is 4. The fraction of sp³-hybridized carbons (Fsp3) is 0. The van der Waals surface area contributed by atoms with Crippen LogP contribution < -0.4 is 26.2 Å². The average molecular weight is 1110 g/mol. The third-order valence-corrected chi connectivity index (χ3v) is 17.2. The van der Waals surface area contributed by atoms with Gasteiger partial charge in [-0.2, -0.15) is 0 Å². The molecular formula is C82H55BN4. The summed E-state index contributed by atoms with van der Waals surface area (Å²) in [7, 11) is 0. The van der Waals surface area contributed by atoms with Crippen LogP contribution in [-0.2, 0) is 0 Å². The van der Waals surface area contributed by atoms with E-state index >= 15 is 0 Å². The fourth-order valence-corrected chi connectivity index (χ4v) is 13.1. The standard InChI is InChI=1S/C82H55BN4/c1-7-23-56(24-8-1)62-39-43-71(44-40-62)86-77-37-21-19-35-73(77)83-74-36-20-22-38-78(74)87(72-45-41-63(42-46-72)57-25-9-2-10-26-57)80-54-70(53-79(86)81(80)83)82-84-75(68-49-64(58-27-11-3-12-28-58)47-65(50-68)59-29-13-4-14-30-59)55-76(85-82)69-51-66(60-31-15-5-16-32-60)48-67(52-69)61-33-17-6-18-34-61/h1-55H. The molecule has 0 spiro atoms. The lowest BCUT2D eigenvalue weighted by Crippen LogP contribution is -2.61. The van der Waals surface area contributed by atoms with Gasteiger partial charge in [0.1, 0.15) is 0 Å². The van der Waals surface area contributed by atoms with Crippen LogP contribution in [0.5, 0.6) is 0 Å². The first kappa shape index (κ1) is 51.3. The molecule has 2 aliphatic rings. The van der Waals surface area contributed by atoms with E-state index in [-0.39, 0.29) is 6.71 Å². The number of anilines is 6. The minimum absolute atomic E-state index is 0.0757. The van der Waals surface area contributed by atoms with Gasteiger partial charge in [0.15, 0.2) is 5.82 Å². The highest BCUT2D eigenvalue weighted by Gasteiger charge is 2.43. The van der Waals surface area contributed by atoms with Crippen LogP contribution in [0.3, 0.4) is 0 Å². The number of benzene rings is 13. The SMILES string of the molecule is c1ccc(-c2ccc(N3c4ccccc4B4c5ccccc5N(c5ccc(-c6ccccc6)cc5)c5cc(-c6nc(-c7cc(-c8ccccc8)cc(-c8ccccc8)c7)cc(-c7cc(-c8ccccc8)cc(-c8ccccc8)c7)n6)cc3c54)cc2)cc1. The molecule has 0 aliphatic carbocycles. The van der Waals surface area contributed by atoms with Gasteiger partial charge in [-0.25, -0.2) is 9.97 Å². The molecule has 0 fully saturated rings. The summed E-state index contributed by atoms with van der Waals surface area (Å²) in [5.74, 6) is 0.618. The largest absolute Gasteiger partial charge is 0.311 e. The second-order valence-electron chi connectivity index (χ2n) is 22.5. The van der Waals surface area contributed by atoms with Gasteiger partial charge in [-0.3, -0.25) is 0 Å². The zero-order valence-electron chi connectivity index (χ0n) is 47.6. The Morgan fingerprint density at radius 2 is 0.483 bits per heavy atom. The Balaban J connectivity index is 0.978. The molecule has 0 saturated heterocycles. The first-order valence-corrected chi connectivity index (χ1v) is 29.8. The second kappa shape index (κ2) is 22.0. The summed E-state index contributed by atoms with van der Waals surface area (Å²) in [4.78, 5) is 16.6. The molecule has 0 unspecified atom stereocenters. The van der Waals surface area contributed by atoms with Gasteiger partial charge < -0.3 is 9.80 Å². The average Bonchev–Trinajstić information content (AvgIpc) is 0.753. The number of para-hydroxylation sites is 2. The summed E-state index contributed by atoms with van der Waals surface area (Å²) in [5.41, 5.74) is 28.4. The van der Waals surface area contributed by atoms with Gasteiger partial charge >= 0.3 is 0 Å². The molecule has 2 aliphatic heterocycles. The van der Waals surface area contributed by atoms with Gasteiger partial charge in [0.2, 0.25) is 0 Å².